The summed E-state index contributed by atoms with van der Waals surface area (Å²) in [6.45, 7) is 5.99. The molecule has 0 unspecified atom stereocenters. The number of Topliss-reactive ketones (excluding diaryl/α,β-unsaturated/α-hetero) is 1. The minimum absolute atomic E-state index is 0.00909. The Hall–Kier alpha value is -2.98. The second kappa shape index (κ2) is 12.8. The van der Waals surface area contributed by atoms with Gasteiger partial charge in [0, 0.05) is 31.0 Å². The van der Waals surface area contributed by atoms with Crippen molar-refractivity contribution in [2.75, 3.05) is 13.6 Å². The Morgan fingerprint density at radius 3 is 2.16 bits per heavy atom. The molecule has 11 nitrogen and oxygen atoms in total. The van der Waals surface area contributed by atoms with E-state index in [0.29, 0.717) is 25.3 Å². The first-order valence-corrected chi connectivity index (χ1v) is 16.8. The molecule has 6 fully saturated rings. The van der Waals surface area contributed by atoms with E-state index in [1.54, 1.807) is 7.05 Å². The van der Waals surface area contributed by atoms with Gasteiger partial charge in [0.05, 0.1) is 6.04 Å². The van der Waals surface area contributed by atoms with Gasteiger partial charge in [-0.2, -0.15) is 0 Å². The topological polar surface area (TPSA) is 154 Å². The minimum atomic E-state index is -1.18. The maximum Gasteiger partial charge on any atom is 0.289 e. The Morgan fingerprint density at radius 2 is 1.61 bits per heavy atom. The molecule has 5 saturated carbocycles. The van der Waals surface area contributed by atoms with Gasteiger partial charge in [0.15, 0.2) is 0 Å². The van der Waals surface area contributed by atoms with E-state index >= 15 is 0 Å². The summed E-state index contributed by atoms with van der Waals surface area (Å²) >= 11 is 0. The van der Waals surface area contributed by atoms with Crippen LogP contribution in [0, 0.1) is 28.6 Å². The highest BCUT2D eigenvalue weighted by atomic mass is 16.2. The van der Waals surface area contributed by atoms with E-state index in [9.17, 15) is 28.8 Å². The average molecular weight is 614 g/mol. The first kappa shape index (κ1) is 32.4. The van der Waals surface area contributed by atoms with Crippen LogP contribution in [-0.2, 0) is 28.8 Å². The van der Waals surface area contributed by atoms with E-state index in [-0.39, 0.29) is 41.5 Å². The molecule has 11 heteroatoms. The van der Waals surface area contributed by atoms with E-state index in [1.165, 1.54) is 4.90 Å². The smallest absolute Gasteiger partial charge is 0.289 e. The molecule has 0 radical (unpaired) electrons. The molecule has 44 heavy (non-hydrogen) atoms. The normalized spacial score (nSPS) is 28.3. The van der Waals surface area contributed by atoms with Crippen molar-refractivity contribution in [1.82, 2.24) is 26.2 Å². The van der Waals surface area contributed by atoms with Crippen molar-refractivity contribution in [1.29, 1.82) is 0 Å². The number of hydrogen-bond acceptors (Lipinski definition) is 6. The van der Waals surface area contributed by atoms with Gasteiger partial charge in [0.1, 0.15) is 12.1 Å². The number of ketones is 1. The molecular formula is C33H51N5O6. The molecule has 0 aromatic carbocycles. The van der Waals surface area contributed by atoms with Gasteiger partial charge in [-0.05, 0) is 87.9 Å². The van der Waals surface area contributed by atoms with Crippen LogP contribution in [0.3, 0.4) is 0 Å². The molecule has 6 rings (SSSR count). The quantitative estimate of drug-likeness (QED) is 0.233. The predicted octanol–water partition coefficient (Wildman–Crippen LogP) is 1.97. The molecule has 0 aromatic rings. The highest BCUT2D eigenvalue weighted by Gasteiger charge is 2.58. The van der Waals surface area contributed by atoms with Crippen LogP contribution < -0.4 is 21.3 Å². The fourth-order valence-electron chi connectivity index (χ4n) is 7.61. The molecule has 1 aliphatic heterocycles. The van der Waals surface area contributed by atoms with Gasteiger partial charge in [0.25, 0.3) is 5.91 Å². The second-order valence-corrected chi connectivity index (χ2v) is 15.4. The van der Waals surface area contributed by atoms with Crippen molar-refractivity contribution in [3.8, 4) is 0 Å². The van der Waals surface area contributed by atoms with Gasteiger partial charge >= 0.3 is 0 Å². The SMILES string of the molecule is CN(C(=O)[C@H](NC(=O)C(C)(C)C)C1CCCC1)[C@@H](CC12CC(C1)C2)C(=O)N[C@@H](C[C@@H]1CCCNC1=O)C(=O)C(=O)NC1CC1. The van der Waals surface area contributed by atoms with Gasteiger partial charge in [-0.15, -0.1) is 0 Å². The van der Waals surface area contributed by atoms with Crippen LogP contribution in [0.1, 0.15) is 104 Å². The molecule has 5 amide bonds. The zero-order valence-electron chi connectivity index (χ0n) is 26.8. The summed E-state index contributed by atoms with van der Waals surface area (Å²) in [5, 5.41) is 11.4. The molecule has 4 N–H and O–H groups in total. The van der Waals surface area contributed by atoms with Gasteiger partial charge in [-0.1, -0.05) is 33.6 Å². The maximum absolute atomic E-state index is 14.2. The largest absolute Gasteiger partial charge is 0.356 e. The molecule has 2 bridgehead atoms. The van der Waals surface area contributed by atoms with Crippen LogP contribution in [0.25, 0.3) is 0 Å². The van der Waals surface area contributed by atoms with Crippen molar-refractivity contribution in [2.45, 2.75) is 128 Å². The molecule has 5 aliphatic carbocycles. The molecule has 4 atom stereocenters. The highest BCUT2D eigenvalue weighted by Crippen LogP contribution is 2.66. The van der Waals surface area contributed by atoms with Crippen molar-refractivity contribution in [3.63, 3.8) is 0 Å². The summed E-state index contributed by atoms with van der Waals surface area (Å²) in [4.78, 5) is 81.8. The molecule has 244 valence electrons. The Balaban J connectivity index is 1.36. The van der Waals surface area contributed by atoms with Crippen LogP contribution in [0.2, 0.25) is 0 Å². The summed E-state index contributed by atoms with van der Waals surface area (Å²) in [5.41, 5.74) is -0.691. The van der Waals surface area contributed by atoms with Crippen molar-refractivity contribution >= 4 is 35.3 Å². The number of hydrogen-bond donors (Lipinski definition) is 4. The van der Waals surface area contributed by atoms with Gasteiger partial charge in [-0.3, -0.25) is 28.8 Å². The number of amides is 5. The number of nitrogens with one attached hydrogen (secondary N) is 4. The van der Waals surface area contributed by atoms with Gasteiger partial charge < -0.3 is 26.2 Å². The van der Waals surface area contributed by atoms with Gasteiger partial charge in [0.2, 0.25) is 29.4 Å². The average Bonchev–Trinajstić information content (AvgIpc) is 3.57. The lowest BCUT2D eigenvalue weighted by Crippen LogP contribution is -2.62. The number of carbonyl (C=O) groups is 6. The monoisotopic (exact) mass is 613 g/mol. The van der Waals surface area contributed by atoms with Crippen LogP contribution in [0.15, 0.2) is 0 Å². The maximum atomic E-state index is 14.2. The number of carbonyl (C=O) groups excluding carboxylic acids is 6. The highest BCUT2D eigenvalue weighted by molar-refractivity contribution is 6.38. The summed E-state index contributed by atoms with van der Waals surface area (Å²) in [6, 6.07) is -2.83. The zero-order chi connectivity index (χ0) is 31.8. The number of rotatable bonds is 13. The fraction of sp³-hybridized carbons (Fsp3) is 0.818. The first-order chi connectivity index (χ1) is 20.8. The molecule has 0 aromatic heterocycles. The van der Waals surface area contributed by atoms with E-state index in [2.05, 4.69) is 21.3 Å². The number of nitrogens with zero attached hydrogens (tertiary/aromatic N) is 1. The lowest BCUT2D eigenvalue weighted by atomic mass is 9.43. The lowest BCUT2D eigenvalue weighted by Gasteiger charge is -2.63. The summed E-state index contributed by atoms with van der Waals surface area (Å²) in [6.07, 6.45) is 10.1. The standard InChI is InChI=1S/C33H51N5O6/c1-32(2,3)31(44)37-25(20-8-5-6-9-20)30(43)38(4)24(18-33-15-19(16-33)17-33)28(41)36-23(14-21-10-7-13-34-27(21)40)26(39)29(42)35-22-11-12-22/h19-25H,5-18H2,1-4H3,(H,34,40)(H,35,42)(H,36,41)(H,37,44)/t19?,21-,23-,24-,25+,33?/m0/s1. The van der Waals surface area contributed by atoms with Crippen molar-refractivity contribution < 1.29 is 28.8 Å². The number of piperidine rings is 1. The van der Waals surface area contributed by atoms with E-state index in [0.717, 1.165) is 64.2 Å². The Bertz CT molecular complexity index is 1150. The summed E-state index contributed by atoms with van der Waals surface area (Å²) in [7, 11) is 1.62. The molecular weight excluding hydrogens is 562 g/mol. The molecule has 0 spiro atoms. The van der Waals surface area contributed by atoms with E-state index < -0.39 is 47.1 Å². The second-order valence-electron chi connectivity index (χ2n) is 15.4. The Kier molecular flexibility index (Phi) is 9.42. The Labute approximate surface area is 260 Å². The lowest BCUT2D eigenvalue weighted by molar-refractivity contribution is -0.155. The molecule has 1 saturated heterocycles. The fourth-order valence-corrected chi connectivity index (χ4v) is 7.61. The van der Waals surface area contributed by atoms with Crippen molar-refractivity contribution in [2.24, 2.45) is 28.6 Å². The third kappa shape index (κ3) is 7.28. The third-order valence-electron chi connectivity index (χ3n) is 10.7. The number of likely N-dealkylation sites (N-methyl/N-ethyl adjacent to an activating group) is 1. The summed E-state index contributed by atoms with van der Waals surface area (Å²) in [5.74, 6) is -2.55. The van der Waals surface area contributed by atoms with Crippen LogP contribution in [0.5, 0.6) is 0 Å². The third-order valence-corrected chi connectivity index (χ3v) is 10.7. The summed E-state index contributed by atoms with van der Waals surface area (Å²) < 4.78 is 0. The minimum Gasteiger partial charge on any atom is -0.356 e. The van der Waals surface area contributed by atoms with Crippen molar-refractivity contribution in [3.05, 3.63) is 0 Å². The van der Waals surface area contributed by atoms with Gasteiger partial charge in [-0.25, -0.2) is 0 Å². The molecule has 6 aliphatic rings. The van der Waals surface area contributed by atoms with Crippen LogP contribution in [-0.4, -0.2) is 78.0 Å². The van der Waals surface area contributed by atoms with E-state index in [4.69, 9.17) is 0 Å². The zero-order valence-corrected chi connectivity index (χ0v) is 26.8. The van der Waals surface area contributed by atoms with Crippen LogP contribution >= 0.6 is 0 Å². The van der Waals surface area contributed by atoms with Crippen LogP contribution in [0.4, 0.5) is 0 Å². The first-order valence-electron chi connectivity index (χ1n) is 16.8. The molecule has 1 heterocycles. The predicted molar refractivity (Wildman–Crippen MR) is 163 cm³/mol. The van der Waals surface area contributed by atoms with E-state index in [1.807, 2.05) is 20.8 Å². The Morgan fingerprint density at radius 1 is 0.955 bits per heavy atom.